The molecule has 0 aromatic carbocycles. The molecule has 5 heteroatoms. The van der Waals surface area contributed by atoms with E-state index in [1.807, 2.05) is 24.4 Å². The van der Waals surface area contributed by atoms with Gasteiger partial charge in [-0.2, -0.15) is 0 Å². The number of rotatable bonds is 4. The van der Waals surface area contributed by atoms with Crippen LogP contribution in [-0.2, 0) is 6.54 Å². The van der Waals surface area contributed by atoms with Gasteiger partial charge in [0.2, 0.25) is 0 Å². The molecule has 2 aromatic heterocycles. The van der Waals surface area contributed by atoms with Crippen LogP contribution in [0.3, 0.4) is 0 Å². The largest absolute Gasteiger partial charge is 0.316 e. The zero-order chi connectivity index (χ0) is 13.8. The number of nitrogens with one attached hydrogen (secondary N) is 1. The number of nitrogens with zero attached hydrogens (tertiary/aromatic N) is 3. The van der Waals surface area contributed by atoms with Gasteiger partial charge in [0.15, 0.2) is 0 Å². The van der Waals surface area contributed by atoms with Crippen LogP contribution in [0.1, 0.15) is 18.5 Å². The van der Waals surface area contributed by atoms with E-state index < -0.39 is 0 Å². The van der Waals surface area contributed by atoms with Gasteiger partial charge < -0.3 is 5.32 Å². The Bertz CT molecular complexity index is 540. The summed E-state index contributed by atoms with van der Waals surface area (Å²) in [6.45, 7) is 3.24. The molecular formula is C15H20N4S. The van der Waals surface area contributed by atoms with E-state index in [2.05, 4.69) is 27.6 Å². The molecule has 0 amide bonds. The summed E-state index contributed by atoms with van der Waals surface area (Å²) >= 11 is 1.68. The highest BCUT2D eigenvalue weighted by molar-refractivity contribution is 7.13. The second-order valence-corrected chi connectivity index (χ2v) is 6.08. The lowest BCUT2D eigenvalue weighted by molar-refractivity contribution is 0.186. The molecule has 1 N–H and O–H groups in total. The molecule has 1 aliphatic rings. The summed E-state index contributed by atoms with van der Waals surface area (Å²) in [5, 5.41) is 6.56. The van der Waals surface area contributed by atoms with Crippen LogP contribution in [0.4, 0.5) is 0 Å². The van der Waals surface area contributed by atoms with E-state index >= 15 is 0 Å². The first-order valence-electron chi connectivity index (χ1n) is 7.10. The average Bonchev–Trinajstić information content (AvgIpc) is 2.97. The minimum Gasteiger partial charge on any atom is -0.316 e. The number of thiazole rings is 1. The Morgan fingerprint density at radius 1 is 1.45 bits per heavy atom. The third-order valence-corrected chi connectivity index (χ3v) is 4.65. The Kier molecular flexibility index (Phi) is 4.40. The lowest BCUT2D eigenvalue weighted by Crippen LogP contribution is -2.43. The van der Waals surface area contributed by atoms with Gasteiger partial charge in [0.1, 0.15) is 5.01 Å². The van der Waals surface area contributed by atoms with Gasteiger partial charge in [0, 0.05) is 30.7 Å². The molecular weight excluding hydrogens is 268 g/mol. The monoisotopic (exact) mass is 288 g/mol. The number of hydrogen-bond donors (Lipinski definition) is 1. The molecule has 4 nitrogen and oxygen atoms in total. The molecule has 106 valence electrons. The van der Waals surface area contributed by atoms with Gasteiger partial charge in [-0.05, 0) is 38.6 Å². The maximum atomic E-state index is 4.72. The Morgan fingerprint density at radius 3 is 3.20 bits per heavy atom. The van der Waals surface area contributed by atoms with Crippen molar-refractivity contribution >= 4 is 11.3 Å². The maximum absolute atomic E-state index is 4.72. The van der Waals surface area contributed by atoms with Crippen molar-refractivity contribution in [3.8, 4) is 10.7 Å². The minimum atomic E-state index is 0.623. The zero-order valence-corrected chi connectivity index (χ0v) is 12.6. The van der Waals surface area contributed by atoms with Crippen LogP contribution in [-0.4, -0.2) is 41.0 Å². The summed E-state index contributed by atoms with van der Waals surface area (Å²) in [7, 11) is 2.05. The molecule has 1 aliphatic heterocycles. The fourth-order valence-electron chi connectivity index (χ4n) is 2.65. The van der Waals surface area contributed by atoms with E-state index in [0.29, 0.717) is 6.04 Å². The second-order valence-electron chi connectivity index (χ2n) is 5.22. The van der Waals surface area contributed by atoms with Crippen molar-refractivity contribution < 1.29 is 0 Å². The molecule has 3 heterocycles. The van der Waals surface area contributed by atoms with Gasteiger partial charge >= 0.3 is 0 Å². The molecule has 1 atom stereocenters. The van der Waals surface area contributed by atoms with Gasteiger partial charge in [-0.1, -0.05) is 6.07 Å². The summed E-state index contributed by atoms with van der Waals surface area (Å²) in [5.41, 5.74) is 2.13. The Hall–Kier alpha value is -1.30. The minimum absolute atomic E-state index is 0.623. The van der Waals surface area contributed by atoms with E-state index in [-0.39, 0.29) is 0 Å². The van der Waals surface area contributed by atoms with Crippen molar-refractivity contribution in [3.05, 3.63) is 35.5 Å². The first kappa shape index (κ1) is 13.7. The average molecular weight is 288 g/mol. The molecule has 20 heavy (non-hydrogen) atoms. The van der Waals surface area contributed by atoms with E-state index in [4.69, 9.17) is 4.98 Å². The zero-order valence-electron chi connectivity index (χ0n) is 11.7. The molecule has 3 rings (SSSR count). The van der Waals surface area contributed by atoms with E-state index in [1.165, 1.54) is 19.4 Å². The number of pyridine rings is 1. The smallest absolute Gasteiger partial charge is 0.142 e. The molecule has 0 radical (unpaired) electrons. The van der Waals surface area contributed by atoms with Crippen molar-refractivity contribution in [1.29, 1.82) is 0 Å². The fraction of sp³-hybridized carbons (Fsp3) is 0.467. The van der Waals surface area contributed by atoms with Crippen LogP contribution in [0.5, 0.6) is 0 Å². The van der Waals surface area contributed by atoms with Crippen LogP contribution in [0, 0.1) is 0 Å². The molecule has 1 saturated heterocycles. The van der Waals surface area contributed by atoms with Crippen molar-refractivity contribution in [3.63, 3.8) is 0 Å². The molecule has 0 aliphatic carbocycles. The number of hydrogen-bond acceptors (Lipinski definition) is 5. The summed E-state index contributed by atoms with van der Waals surface area (Å²) in [4.78, 5) is 11.6. The Labute approximate surface area is 123 Å². The third kappa shape index (κ3) is 3.23. The van der Waals surface area contributed by atoms with E-state index in [9.17, 15) is 0 Å². The van der Waals surface area contributed by atoms with Crippen molar-refractivity contribution in [2.75, 3.05) is 20.1 Å². The van der Waals surface area contributed by atoms with Crippen LogP contribution in [0.15, 0.2) is 29.8 Å². The Balaban J connectivity index is 1.65. The number of likely N-dealkylation sites (N-methyl/N-ethyl adjacent to an activating group) is 1. The molecule has 0 bridgehead atoms. The topological polar surface area (TPSA) is 41.0 Å². The van der Waals surface area contributed by atoms with Gasteiger partial charge in [-0.15, -0.1) is 11.3 Å². The molecule has 1 unspecified atom stereocenters. The van der Waals surface area contributed by atoms with E-state index in [1.54, 1.807) is 11.3 Å². The highest BCUT2D eigenvalue weighted by Crippen LogP contribution is 2.22. The van der Waals surface area contributed by atoms with Crippen LogP contribution in [0.25, 0.3) is 10.7 Å². The summed E-state index contributed by atoms with van der Waals surface area (Å²) < 4.78 is 0. The predicted octanol–water partition coefficient (Wildman–Crippen LogP) is 2.39. The first-order chi connectivity index (χ1) is 9.85. The Morgan fingerprint density at radius 2 is 2.40 bits per heavy atom. The lowest BCUT2D eigenvalue weighted by Gasteiger charge is -2.31. The second kappa shape index (κ2) is 6.43. The van der Waals surface area contributed by atoms with Gasteiger partial charge in [-0.25, -0.2) is 4.98 Å². The van der Waals surface area contributed by atoms with Crippen molar-refractivity contribution in [1.82, 2.24) is 20.2 Å². The lowest BCUT2D eigenvalue weighted by atomic mass is 10.1. The van der Waals surface area contributed by atoms with Crippen LogP contribution < -0.4 is 5.32 Å². The molecule has 1 fully saturated rings. The normalized spacial score (nSPS) is 20.1. The standard InChI is InChI=1S/C15H20N4S/c1-16-12-5-4-8-19(9-12)10-13-11-20-15(18-13)14-6-2-3-7-17-14/h2-3,6-7,11-12,16H,4-5,8-10H2,1H3. The van der Waals surface area contributed by atoms with Gasteiger partial charge in [0.25, 0.3) is 0 Å². The molecule has 0 spiro atoms. The SMILES string of the molecule is CNC1CCCN(Cc2csc(-c3ccccn3)n2)C1. The van der Waals surface area contributed by atoms with Crippen LogP contribution >= 0.6 is 11.3 Å². The quantitative estimate of drug-likeness (QED) is 0.938. The fourth-order valence-corrected chi connectivity index (χ4v) is 3.44. The molecule has 2 aromatic rings. The van der Waals surface area contributed by atoms with Gasteiger partial charge in [0.05, 0.1) is 11.4 Å². The number of likely N-dealkylation sites (tertiary alicyclic amines) is 1. The molecule has 0 saturated carbocycles. The number of aromatic nitrogens is 2. The summed E-state index contributed by atoms with van der Waals surface area (Å²) in [6.07, 6.45) is 4.37. The highest BCUT2D eigenvalue weighted by atomic mass is 32.1. The predicted molar refractivity (Wildman–Crippen MR) is 82.7 cm³/mol. The van der Waals surface area contributed by atoms with E-state index in [0.717, 1.165) is 29.5 Å². The summed E-state index contributed by atoms with van der Waals surface area (Å²) in [5.74, 6) is 0. The highest BCUT2D eigenvalue weighted by Gasteiger charge is 2.19. The van der Waals surface area contributed by atoms with Crippen LogP contribution in [0.2, 0.25) is 0 Å². The maximum Gasteiger partial charge on any atom is 0.142 e. The summed E-state index contributed by atoms with van der Waals surface area (Å²) in [6, 6.07) is 6.58. The van der Waals surface area contributed by atoms with Crippen molar-refractivity contribution in [2.45, 2.75) is 25.4 Å². The number of piperidine rings is 1. The van der Waals surface area contributed by atoms with Crippen molar-refractivity contribution in [2.24, 2.45) is 0 Å². The third-order valence-electron chi connectivity index (χ3n) is 3.74. The first-order valence-corrected chi connectivity index (χ1v) is 7.98. The van der Waals surface area contributed by atoms with Gasteiger partial charge in [-0.3, -0.25) is 9.88 Å².